The van der Waals surface area contributed by atoms with Gasteiger partial charge in [-0.3, -0.25) is 0 Å². The molecule has 1 aliphatic heterocycles. The first-order chi connectivity index (χ1) is 7.74. The molecule has 1 aliphatic rings. The van der Waals surface area contributed by atoms with Gasteiger partial charge in [-0.25, -0.2) is 0 Å². The van der Waals surface area contributed by atoms with Gasteiger partial charge in [0, 0.05) is 25.0 Å². The summed E-state index contributed by atoms with van der Waals surface area (Å²) in [6.07, 6.45) is 3.11. The molecule has 1 saturated heterocycles. The standard InChI is InChI=1S/C10H19N5O/c1-11-7-10(4-3-5-16-8-10)6-9-12-14-15(2)13-9/h11H,3-8H2,1-2H3. The van der Waals surface area contributed by atoms with Gasteiger partial charge in [-0.2, -0.15) is 4.80 Å². The van der Waals surface area contributed by atoms with E-state index in [0.29, 0.717) is 0 Å². The minimum Gasteiger partial charge on any atom is -0.381 e. The van der Waals surface area contributed by atoms with Crippen LogP contribution in [0.15, 0.2) is 0 Å². The number of nitrogens with one attached hydrogen (secondary N) is 1. The molecule has 1 aromatic heterocycles. The molecular weight excluding hydrogens is 206 g/mol. The molecule has 16 heavy (non-hydrogen) atoms. The molecule has 1 unspecified atom stereocenters. The smallest absolute Gasteiger partial charge is 0.175 e. The molecule has 2 rings (SSSR count). The Balaban J connectivity index is 2.06. The lowest BCUT2D eigenvalue weighted by Crippen LogP contribution is -2.42. The minimum atomic E-state index is 0.135. The molecule has 1 N–H and O–H groups in total. The van der Waals surface area contributed by atoms with Gasteiger partial charge in [0.05, 0.1) is 13.7 Å². The third-order valence-corrected chi connectivity index (χ3v) is 3.04. The number of aryl methyl sites for hydroxylation is 1. The summed E-state index contributed by atoms with van der Waals surface area (Å²) < 4.78 is 5.59. The molecule has 6 nitrogen and oxygen atoms in total. The normalized spacial score (nSPS) is 25.9. The molecule has 1 atom stereocenters. The maximum absolute atomic E-state index is 5.59. The average molecular weight is 225 g/mol. The van der Waals surface area contributed by atoms with Crippen LogP contribution in [0, 0.1) is 5.41 Å². The fraction of sp³-hybridized carbons (Fsp3) is 0.900. The molecule has 90 valence electrons. The fourth-order valence-corrected chi connectivity index (χ4v) is 2.36. The number of rotatable bonds is 4. The first-order valence-electron chi connectivity index (χ1n) is 5.69. The topological polar surface area (TPSA) is 64.9 Å². The van der Waals surface area contributed by atoms with Crippen molar-refractivity contribution < 1.29 is 4.74 Å². The molecular formula is C10H19N5O. The molecule has 0 spiro atoms. The summed E-state index contributed by atoms with van der Waals surface area (Å²) in [5, 5.41) is 15.4. The summed E-state index contributed by atoms with van der Waals surface area (Å²) in [5.41, 5.74) is 0.135. The van der Waals surface area contributed by atoms with Crippen molar-refractivity contribution >= 4 is 0 Å². The highest BCUT2D eigenvalue weighted by Gasteiger charge is 2.34. The summed E-state index contributed by atoms with van der Waals surface area (Å²) in [7, 11) is 3.76. The van der Waals surface area contributed by atoms with Crippen LogP contribution in [0.4, 0.5) is 0 Å². The van der Waals surface area contributed by atoms with Crippen molar-refractivity contribution in [2.45, 2.75) is 19.3 Å². The molecule has 0 bridgehead atoms. The molecule has 6 heteroatoms. The van der Waals surface area contributed by atoms with Crippen LogP contribution < -0.4 is 5.32 Å². The van der Waals surface area contributed by atoms with Crippen LogP contribution in [0.25, 0.3) is 0 Å². The van der Waals surface area contributed by atoms with Gasteiger partial charge in [-0.05, 0) is 25.1 Å². The van der Waals surface area contributed by atoms with Crippen molar-refractivity contribution in [2.75, 3.05) is 26.8 Å². The van der Waals surface area contributed by atoms with E-state index in [9.17, 15) is 0 Å². The summed E-state index contributed by atoms with van der Waals surface area (Å²) in [6.45, 7) is 2.59. The van der Waals surface area contributed by atoms with Gasteiger partial charge in [0.15, 0.2) is 5.82 Å². The van der Waals surface area contributed by atoms with Gasteiger partial charge in [-0.1, -0.05) is 0 Å². The fourth-order valence-electron chi connectivity index (χ4n) is 2.36. The zero-order valence-corrected chi connectivity index (χ0v) is 9.94. The summed E-state index contributed by atoms with van der Waals surface area (Å²) in [6, 6.07) is 0. The van der Waals surface area contributed by atoms with Gasteiger partial charge in [0.25, 0.3) is 0 Å². The Morgan fingerprint density at radius 2 is 2.44 bits per heavy atom. The van der Waals surface area contributed by atoms with Crippen LogP contribution in [-0.2, 0) is 18.2 Å². The Labute approximate surface area is 95.4 Å². The second-order valence-corrected chi connectivity index (χ2v) is 4.56. The van der Waals surface area contributed by atoms with Gasteiger partial charge in [-0.15, -0.1) is 10.2 Å². The Morgan fingerprint density at radius 3 is 3.00 bits per heavy atom. The van der Waals surface area contributed by atoms with Crippen LogP contribution in [0.1, 0.15) is 18.7 Å². The summed E-state index contributed by atoms with van der Waals surface area (Å²) in [5.74, 6) is 0.809. The molecule has 1 aromatic rings. The zero-order valence-electron chi connectivity index (χ0n) is 9.94. The van der Waals surface area contributed by atoms with E-state index < -0.39 is 0 Å². The van der Waals surface area contributed by atoms with Crippen LogP contribution >= 0.6 is 0 Å². The molecule has 0 saturated carbocycles. The number of aromatic nitrogens is 4. The highest BCUT2D eigenvalue weighted by molar-refractivity contribution is 4.93. The van der Waals surface area contributed by atoms with E-state index in [1.165, 1.54) is 4.80 Å². The van der Waals surface area contributed by atoms with E-state index in [1.807, 2.05) is 7.05 Å². The van der Waals surface area contributed by atoms with Gasteiger partial charge < -0.3 is 10.1 Å². The number of hydrogen-bond acceptors (Lipinski definition) is 5. The van der Waals surface area contributed by atoms with E-state index in [2.05, 4.69) is 20.7 Å². The number of ether oxygens (including phenoxy) is 1. The van der Waals surface area contributed by atoms with E-state index in [4.69, 9.17) is 4.74 Å². The molecule has 2 heterocycles. The van der Waals surface area contributed by atoms with Crippen molar-refractivity contribution in [1.29, 1.82) is 0 Å². The molecule has 0 radical (unpaired) electrons. The Hall–Kier alpha value is -1.01. The summed E-state index contributed by atoms with van der Waals surface area (Å²) in [4.78, 5) is 1.51. The lowest BCUT2D eigenvalue weighted by Gasteiger charge is -2.36. The molecule has 0 aliphatic carbocycles. The monoisotopic (exact) mass is 225 g/mol. The number of hydrogen-bond donors (Lipinski definition) is 1. The zero-order chi connectivity index (χ0) is 11.4. The highest BCUT2D eigenvalue weighted by Crippen LogP contribution is 2.30. The van der Waals surface area contributed by atoms with Gasteiger partial charge in [0.1, 0.15) is 0 Å². The molecule has 1 fully saturated rings. The lowest BCUT2D eigenvalue weighted by molar-refractivity contribution is -0.00728. The Kier molecular flexibility index (Phi) is 3.50. The van der Waals surface area contributed by atoms with Crippen molar-refractivity contribution in [3.05, 3.63) is 5.82 Å². The Bertz CT molecular complexity index is 326. The SMILES string of the molecule is CNCC1(Cc2nnn(C)n2)CCCOC1. The van der Waals surface area contributed by atoms with Crippen LogP contribution in [0.3, 0.4) is 0 Å². The quantitative estimate of drug-likeness (QED) is 0.766. The third kappa shape index (κ3) is 2.56. The highest BCUT2D eigenvalue weighted by atomic mass is 16.5. The second-order valence-electron chi connectivity index (χ2n) is 4.56. The van der Waals surface area contributed by atoms with Gasteiger partial charge in [0.2, 0.25) is 0 Å². The maximum Gasteiger partial charge on any atom is 0.175 e. The number of nitrogens with zero attached hydrogens (tertiary/aromatic N) is 4. The second kappa shape index (κ2) is 4.88. The van der Waals surface area contributed by atoms with Crippen molar-refractivity contribution in [3.63, 3.8) is 0 Å². The van der Waals surface area contributed by atoms with Gasteiger partial charge >= 0.3 is 0 Å². The lowest BCUT2D eigenvalue weighted by atomic mass is 9.79. The third-order valence-electron chi connectivity index (χ3n) is 3.04. The maximum atomic E-state index is 5.59. The van der Waals surface area contributed by atoms with E-state index in [0.717, 1.165) is 44.8 Å². The predicted octanol–water partition coefficient (Wildman–Crippen LogP) is -0.231. The molecule has 0 aromatic carbocycles. The first-order valence-corrected chi connectivity index (χ1v) is 5.69. The van der Waals surface area contributed by atoms with Crippen molar-refractivity contribution in [3.8, 4) is 0 Å². The van der Waals surface area contributed by atoms with Crippen LogP contribution in [-0.4, -0.2) is 47.0 Å². The van der Waals surface area contributed by atoms with E-state index in [-0.39, 0.29) is 5.41 Å². The van der Waals surface area contributed by atoms with Crippen LogP contribution in [0.2, 0.25) is 0 Å². The largest absolute Gasteiger partial charge is 0.381 e. The number of tetrazole rings is 1. The average Bonchev–Trinajstić information content (AvgIpc) is 2.65. The molecule has 0 amide bonds. The van der Waals surface area contributed by atoms with Crippen molar-refractivity contribution in [1.82, 2.24) is 25.5 Å². The Morgan fingerprint density at radius 1 is 1.56 bits per heavy atom. The van der Waals surface area contributed by atoms with E-state index >= 15 is 0 Å². The predicted molar refractivity (Wildman–Crippen MR) is 58.9 cm³/mol. The minimum absolute atomic E-state index is 0.135. The van der Waals surface area contributed by atoms with E-state index in [1.54, 1.807) is 7.05 Å². The van der Waals surface area contributed by atoms with Crippen LogP contribution in [0.5, 0.6) is 0 Å². The van der Waals surface area contributed by atoms with Crippen molar-refractivity contribution in [2.24, 2.45) is 12.5 Å². The summed E-state index contributed by atoms with van der Waals surface area (Å²) >= 11 is 0. The first kappa shape index (κ1) is 11.5.